The van der Waals surface area contributed by atoms with Crippen molar-refractivity contribution in [2.45, 2.75) is 58.2 Å². The van der Waals surface area contributed by atoms with Crippen LogP contribution in [0, 0.1) is 5.92 Å². The summed E-state index contributed by atoms with van der Waals surface area (Å²) in [6.45, 7) is 5.07. The van der Waals surface area contributed by atoms with Gasteiger partial charge in [-0.1, -0.05) is 6.92 Å². The minimum atomic E-state index is -0.146. The van der Waals surface area contributed by atoms with E-state index in [9.17, 15) is 0 Å². The highest BCUT2D eigenvalue weighted by Crippen LogP contribution is 2.22. The fraction of sp³-hybridized carbons (Fsp3) is 1.00. The van der Waals surface area contributed by atoms with Crippen molar-refractivity contribution < 1.29 is 9.84 Å². The van der Waals surface area contributed by atoms with Crippen LogP contribution in [0.1, 0.15) is 46.0 Å². The molecule has 0 radical (unpaired) electrons. The molecule has 3 atom stereocenters. The van der Waals surface area contributed by atoms with E-state index in [1.54, 1.807) is 0 Å². The smallest absolute Gasteiger partial charge is 0.0578 e. The van der Waals surface area contributed by atoms with Gasteiger partial charge >= 0.3 is 0 Å². The predicted molar refractivity (Wildman–Crippen MR) is 53.7 cm³/mol. The van der Waals surface area contributed by atoms with E-state index >= 15 is 0 Å². The van der Waals surface area contributed by atoms with Gasteiger partial charge in [0.05, 0.1) is 12.2 Å². The number of rotatable bonds is 5. The monoisotopic (exact) mass is 186 g/mol. The van der Waals surface area contributed by atoms with Crippen LogP contribution >= 0.6 is 0 Å². The average molecular weight is 186 g/mol. The minimum Gasteiger partial charge on any atom is -0.393 e. The van der Waals surface area contributed by atoms with Crippen LogP contribution in [0.25, 0.3) is 0 Å². The molecule has 0 unspecified atom stereocenters. The molecule has 1 N–H and O–H groups in total. The second-order valence-electron chi connectivity index (χ2n) is 4.40. The lowest BCUT2D eigenvalue weighted by atomic mass is 9.96. The maximum absolute atomic E-state index is 9.13. The van der Waals surface area contributed by atoms with Gasteiger partial charge in [-0.2, -0.15) is 0 Å². The first kappa shape index (κ1) is 11.0. The third-order valence-electron chi connectivity index (χ3n) is 2.77. The molecule has 0 bridgehead atoms. The van der Waals surface area contributed by atoms with Crippen LogP contribution in [0.4, 0.5) is 0 Å². The molecule has 13 heavy (non-hydrogen) atoms. The molecule has 1 rings (SSSR count). The van der Waals surface area contributed by atoms with Crippen LogP contribution in [-0.4, -0.2) is 23.9 Å². The van der Waals surface area contributed by atoms with Crippen LogP contribution in [0.5, 0.6) is 0 Å². The Balaban J connectivity index is 2.05. The van der Waals surface area contributed by atoms with Crippen LogP contribution in [0.15, 0.2) is 0 Å². The second-order valence-corrected chi connectivity index (χ2v) is 4.40. The average Bonchev–Trinajstić information content (AvgIpc) is 2.53. The van der Waals surface area contributed by atoms with Gasteiger partial charge < -0.3 is 9.84 Å². The Bertz CT molecular complexity index is 128. The molecule has 0 aromatic rings. The molecule has 2 nitrogen and oxygen atoms in total. The van der Waals surface area contributed by atoms with Crippen molar-refractivity contribution in [2.75, 3.05) is 6.61 Å². The van der Waals surface area contributed by atoms with E-state index in [1.807, 2.05) is 6.92 Å². The van der Waals surface area contributed by atoms with E-state index < -0.39 is 0 Å². The zero-order chi connectivity index (χ0) is 9.68. The highest BCUT2D eigenvalue weighted by Gasteiger charge is 2.18. The van der Waals surface area contributed by atoms with Gasteiger partial charge in [-0.05, 0) is 44.9 Å². The lowest BCUT2D eigenvalue weighted by Crippen LogP contribution is -2.12. The Morgan fingerprint density at radius 2 is 2.15 bits per heavy atom. The first-order chi connectivity index (χ1) is 6.18. The maximum atomic E-state index is 9.13. The zero-order valence-corrected chi connectivity index (χ0v) is 8.83. The topological polar surface area (TPSA) is 29.5 Å². The van der Waals surface area contributed by atoms with Crippen LogP contribution in [0.3, 0.4) is 0 Å². The molecule has 1 aliphatic rings. The van der Waals surface area contributed by atoms with Gasteiger partial charge in [-0.25, -0.2) is 0 Å². The Labute approximate surface area is 81.3 Å². The summed E-state index contributed by atoms with van der Waals surface area (Å²) in [5.41, 5.74) is 0. The normalized spacial score (nSPS) is 27.5. The molecule has 1 aliphatic heterocycles. The zero-order valence-electron chi connectivity index (χ0n) is 8.83. The summed E-state index contributed by atoms with van der Waals surface area (Å²) in [7, 11) is 0. The summed E-state index contributed by atoms with van der Waals surface area (Å²) in [5.74, 6) is 0.692. The lowest BCUT2D eigenvalue weighted by Gasteiger charge is -2.16. The van der Waals surface area contributed by atoms with Crippen molar-refractivity contribution in [3.05, 3.63) is 0 Å². The van der Waals surface area contributed by atoms with Gasteiger partial charge in [0.2, 0.25) is 0 Å². The van der Waals surface area contributed by atoms with E-state index in [1.165, 1.54) is 19.3 Å². The highest BCUT2D eigenvalue weighted by molar-refractivity contribution is 4.68. The largest absolute Gasteiger partial charge is 0.393 e. The van der Waals surface area contributed by atoms with Crippen molar-refractivity contribution in [1.82, 2.24) is 0 Å². The van der Waals surface area contributed by atoms with Gasteiger partial charge in [0.1, 0.15) is 0 Å². The van der Waals surface area contributed by atoms with Crippen LogP contribution < -0.4 is 0 Å². The van der Waals surface area contributed by atoms with Gasteiger partial charge in [-0.15, -0.1) is 0 Å². The molecule has 2 heteroatoms. The quantitative estimate of drug-likeness (QED) is 0.714. The summed E-state index contributed by atoms with van der Waals surface area (Å²) >= 11 is 0. The number of hydrogen-bond donors (Lipinski definition) is 1. The van der Waals surface area contributed by atoms with Crippen molar-refractivity contribution in [2.24, 2.45) is 5.92 Å². The molecule has 0 spiro atoms. The molecule has 78 valence electrons. The molecule has 0 amide bonds. The molecular formula is C11H22O2. The minimum absolute atomic E-state index is 0.146. The number of aliphatic hydroxyl groups is 1. The summed E-state index contributed by atoms with van der Waals surface area (Å²) in [4.78, 5) is 0. The first-order valence-electron chi connectivity index (χ1n) is 5.48. The van der Waals surface area contributed by atoms with E-state index in [2.05, 4.69) is 6.92 Å². The van der Waals surface area contributed by atoms with E-state index in [0.29, 0.717) is 12.0 Å². The SMILES string of the molecule is C[C@H](CC[C@H](C)O)C[C@@H]1CCCO1. The van der Waals surface area contributed by atoms with E-state index in [-0.39, 0.29) is 6.10 Å². The molecule has 0 aromatic carbocycles. The van der Waals surface area contributed by atoms with Gasteiger partial charge in [-0.3, -0.25) is 0 Å². The van der Waals surface area contributed by atoms with Gasteiger partial charge in [0.25, 0.3) is 0 Å². The van der Waals surface area contributed by atoms with Gasteiger partial charge in [0, 0.05) is 6.61 Å². The fourth-order valence-corrected chi connectivity index (χ4v) is 1.92. The second kappa shape index (κ2) is 5.61. The van der Waals surface area contributed by atoms with Gasteiger partial charge in [0.15, 0.2) is 0 Å². The van der Waals surface area contributed by atoms with Crippen molar-refractivity contribution in [3.8, 4) is 0 Å². The maximum Gasteiger partial charge on any atom is 0.0578 e. The van der Waals surface area contributed by atoms with Crippen molar-refractivity contribution in [3.63, 3.8) is 0 Å². The standard InChI is InChI=1S/C11H22O2/c1-9(5-6-10(2)12)8-11-4-3-7-13-11/h9-12H,3-8H2,1-2H3/t9-,10+,11+/m1/s1. The Kier molecular flexibility index (Phi) is 4.74. The number of ether oxygens (including phenoxy) is 1. The summed E-state index contributed by atoms with van der Waals surface area (Å²) in [5, 5.41) is 9.13. The Hall–Kier alpha value is -0.0800. The first-order valence-corrected chi connectivity index (χ1v) is 5.48. The predicted octanol–water partition coefficient (Wildman–Crippen LogP) is 2.35. The Morgan fingerprint density at radius 3 is 2.69 bits per heavy atom. The summed E-state index contributed by atoms with van der Waals surface area (Å²) in [6, 6.07) is 0. The molecule has 1 saturated heterocycles. The molecule has 0 saturated carbocycles. The molecule has 1 heterocycles. The van der Waals surface area contributed by atoms with E-state index in [4.69, 9.17) is 9.84 Å². The molecule has 0 aliphatic carbocycles. The third kappa shape index (κ3) is 4.63. The lowest BCUT2D eigenvalue weighted by molar-refractivity contribution is 0.0871. The molecule has 0 aromatic heterocycles. The summed E-state index contributed by atoms with van der Waals surface area (Å²) in [6.07, 6.45) is 6.04. The van der Waals surface area contributed by atoms with Crippen LogP contribution in [-0.2, 0) is 4.74 Å². The fourth-order valence-electron chi connectivity index (χ4n) is 1.92. The highest BCUT2D eigenvalue weighted by atomic mass is 16.5. The third-order valence-corrected chi connectivity index (χ3v) is 2.77. The van der Waals surface area contributed by atoms with Crippen LogP contribution in [0.2, 0.25) is 0 Å². The van der Waals surface area contributed by atoms with Crippen molar-refractivity contribution >= 4 is 0 Å². The van der Waals surface area contributed by atoms with E-state index in [0.717, 1.165) is 19.4 Å². The molecule has 1 fully saturated rings. The number of hydrogen-bond acceptors (Lipinski definition) is 2. The van der Waals surface area contributed by atoms with Crippen molar-refractivity contribution in [1.29, 1.82) is 0 Å². The number of aliphatic hydroxyl groups excluding tert-OH is 1. The Morgan fingerprint density at radius 1 is 1.38 bits per heavy atom. The summed E-state index contributed by atoms with van der Waals surface area (Å²) < 4.78 is 5.57. The molecular weight excluding hydrogens is 164 g/mol.